The highest BCUT2D eigenvalue weighted by Gasteiger charge is 2.51. The summed E-state index contributed by atoms with van der Waals surface area (Å²) in [5, 5.41) is 0. The summed E-state index contributed by atoms with van der Waals surface area (Å²) >= 11 is 0. The van der Waals surface area contributed by atoms with Crippen molar-refractivity contribution in [3.63, 3.8) is 0 Å². The quantitative estimate of drug-likeness (QED) is 0.755. The van der Waals surface area contributed by atoms with Crippen molar-refractivity contribution in [2.75, 3.05) is 0 Å². The van der Waals surface area contributed by atoms with Crippen molar-refractivity contribution in [3.8, 4) is 0 Å². The molecule has 21 heavy (non-hydrogen) atoms. The molecule has 0 radical (unpaired) electrons. The van der Waals surface area contributed by atoms with E-state index >= 15 is 0 Å². The van der Waals surface area contributed by atoms with Crippen molar-refractivity contribution in [2.24, 2.45) is 4.99 Å². The minimum Gasteiger partial charge on any atom is -0.410 e. The molecule has 2 rings (SSSR count). The molecular formula is C17H21NO3. The van der Waals surface area contributed by atoms with E-state index in [-0.39, 0.29) is 24.1 Å². The van der Waals surface area contributed by atoms with Crippen LogP contribution in [0.3, 0.4) is 0 Å². The normalized spacial score (nSPS) is 22.6. The van der Waals surface area contributed by atoms with Crippen LogP contribution in [0.15, 0.2) is 35.3 Å². The van der Waals surface area contributed by atoms with Gasteiger partial charge in [0.25, 0.3) is 0 Å². The summed E-state index contributed by atoms with van der Waals surface area (Å²) < 4.78 is 5.21. The first-order valence-electron chi connectivity index (χ1n) is 7.32. The maximum Gasteiger partial charge on any atom is 0.341 e. The number of aliphatic imine (C=N–C) groups is 1. The Hall–Kier alpha value is -1.97. The van der Waals surface area contributed by atoms with E-state index in [9.17, 15) is 9.59 Å². The standard InChI is InChI=1S/C17H21NO3/c1-4-10-17(16(20)21-13(3)18-17)15(11-12(2)19)14-8-6-5-7-9-14/h5-9,15H,4,10-11H2,1-3H3/t15-,17-/m1/s1. The van der Waals surface area contributed by atoms with Gasteiger partial charge in [0.05, 0.1) is 0 Å². The lowest BCUT2D eigenvalue weighted by atomic mass is 9.74. The Bertz CT molecular complexity index is 565. The number of Topliss-reactive ketones (excluding diaryl/α,β-unsaturated/α-hetero) is 1. The lowest BCUT2D eigenvalue weighted by molar-refractivity contribution is -0.140. The number of nitrogens with zero attached hydrogens (tertiary/aromatic N) is 1. The minimum atomic E-state index is -0.966. The van der Waals surface area contributed by atoms with Crippen LogP contribution < -0.4 is 0 Å². The molecule has 0 bridgehead atoms. The molecule has 1 aliphatic heterocycles. The van der Waals surface area contributed by atoms with Gasteiger partial charge in [0, 0.05) is 19.3 Å². The molecule has 0 amide bonds. The minimum absolute atomic E-state index is 0.0480. The number of hydrogen-bond acceptors (Lipinski definition) is 4. The summed E-state index contributed by atoms with van der Waals surface area (Å²) in [6.45, 7) is 5.24. The van der Waals surface area contributed by atoms with Crippen molar-refractivity contribution < 1.29 is 14.3 Å². The van der Waals surface area contributed by atoms with E-state index in [1.165, 1.54) is 0 Å². The molecule has 0 N–H and O–H groups in total. The van der Waals surface area contributed by atoms with Crippen molar-refractivity contribution >= 4 is 17.7 Å². The highest BCUT2D eigenvalue weighted by Crippen LogP contribution is 2.42. The maximum atomic E-state index is 12.4. The highest BCUT2D eigenvalue weighted by molar-refractivity contribution is 6.00. The Labute approximate surface area is 125 Å². The number of cyclic esters (lactones) is 1. The van der Waals surface area contributed by atoms with Gasteiger partial charge in [0.1, 0.15) is 5.78 Å². The van der Waals surface area contributed by atoms with Crippen molar-refractivity contribution in [3.05, 3.63) is 35.9 Å². The van der Waals surface area contributed by atoms with Crippen LogP contribution in [-0.4, -0.2) is 23.2 Å². The fraction of sp³-hybridized carbons (Fsp3) is 0.471. The fourth-order valence-corrected chi connectivity index (χ4v) is 3.04. The van der Waals surface area contributed by atoms with Gasteiger partial charge in [-0.1, -0.05) is 43.7 Å². The zero-order chi connectivity index (χ0) is 15.5. The average molecular weight is 287 g/mol. The molecule has 1 aliphatic rings. The van der Waals surface area contributed by atoms with E-state index in [2.05, 4.69) is 4.99 Å². The van der Waals surface area contributed by atoms with Crippen LogP contribution in [-0.2, 0) is 14.3 Å². The van der Waals surface area contributed by atoms with Crippen LogP contribution >= 0.6 is 0 Å². The largest absolute Gasteiger partial charge is 0.410 e. The predicted octanol–water partition coefficient (Wildman–Crippen LogP) is 3.26. The molecule has 0 aromatic heterocycles. The first-order valence-corrected chi connectivity index (χ1v) is 7.32. The number of rotatable bonds is 6. The Morgan fingerprint density at radius 1 is 1.33 bits per heavy atom. The van der Waals surface area contributed by atoms with Gasteiger partial charge in [0.15, 0.2) is 11.4 Å². The van der Waals surface area contributed by atoms with Gasteiger partial charge in [-0.2, -0.15) is 0 Å². The smallest absolute Gasteiger partial charge is 0.341 e. The van der Waals surface area contributed by atoms with Gasteiger partial charge in [-0.15, -0.1) is 0 Å². The third-order valence-corrected chi connectivity index (χ3v) is 3.85. The van der Waals surface area contributed by atoms with Crippen LogP contribution in [0.5, 0.6) is 0 Å². The third kappa shape index (κ3) is 3.04. The van der Waals surface area contributed by atoms with Gasteiger partial charge in [0.2, 0.25) is 0 Å². The summed E-state index contributed by atoms with van der Waals surface area (Å²) in [6, 6.07) is 9.64. The number of carbonyl (C=O) groups excluding carboxylic acids is 2. The van der Waals surface area contributed by atoms with Gasteiger partial charge in [-0.25, -0.2) is 9.79 Å². The first kappa shape index (κ1) is 15.4. The SMILES string of the molecule is CCC[C@]1([C@H](CC(C)=O)c2ccccc2)N=C(C)OC1=O. The Kier molecular flexibility index (Phi) is 4.56. The van der Waals surface area contributed by atoms with Gasteiger partial charge in [-0.3, -0.25) is 0 Å². The van der Waals surface area contributed by atoms with Crippen LogP contribution in [0.4, 0.5) is 0 Å². The van der Waals surface area contributed by atoms with E-state index in [4.69, 9.17) is 4.74 Å². The van der Waals surface area contributed by atoms with Gasteiger partial charge in [-0.05, 0) is 18.9 Å². The molecule has 1 aromatic rings. The number of ketones is 1. The van der Waals surface area contributed by atoms with Crippen molar-refractivity contribution in [2.45, 2.75) is 51.5 Å². The summed E-state index contributed by atoms with van der Waals surface area (Å²) in [5.41, 5.74) is -0.0113. The molecule has 0 saturated carbocycles. The molecule has 0 aliphatic carbocycles. The Balaban J connectivity index is 2.51. The molecule has 4 heteroatoms. The lowest BCUT2D eigenvalue weighted by Crippen LogP contribution is -2.41. The molecule has 112 valence electrons. The number of benzene rings is 1. The number of carbonyl (C=O) groups is 2. The Morgan fingerprint density at radius 3 is 2.48 bits per heavy atom. The summed E-state index contributed by atoms with van der Waals surface area (Å²) in [5.74, 6) is -0.178. The van der Waals surface area contributed by atoms with Gasteiger partial charge >= 0.3 is 5.97 Å². The molecule has 1 aromatic carbocycles. The summed E-state index contributed by atoms with van der Waals surface area (Å²) in [7, 11) is 0. The highest BCUT2D eigenvalue weighted by atomic mass is 16.6. The summed E-state index contributed by atoms with van der Waals surface area (Å²) in [4.78, 5) is 28.7. The predicted molar refractivity (Wildman–Crippen MR) is 81.3 cm³/mol. The number of esters is 1. The number of ether oxygens (including phenoxy) is 1. The van der Waals surface area contributed by atoms with Crippen molar-refractivity contribution in [1.82, 2.24) is 0 Å². The molecule has 0 spiro atoms. The van der Waals surface area contributed by atoms with E-state index in [1.807, 2.05) is 37.3 Å². The molecular weight excluding hydrogens is 266 g/mol. The third-order valence-electron chi connectivity index (χ3n) is 3.85. The lowest BCUT2D eigenvalue weighted by Gasteiger charge is -2.31. The van der Waals surface area contributed by atoms with Crippen LogP contribution in [0, 0.1) is 0 Å². The second-order valence-electron chi connectivity index (χ2n) is 5.56. The van der Waals surface area contributed by atoms with Crippen molar-refractivity contribution in [1.29, 1.82) is 0 Å². The monoisotopic (exact) mass is 287 g/mol. The molecule has 4 nitrogen and oxygen atoms in total. The molecule has 0 fully saturated rings. The van der Waals surface area contributed by atoms with Crippen LogP contribution in [0.1, 0.15) is 51.5 Å². The summed E-state index contributed by atoms with van der Waals surface area (Å²) in [6.07, 6.45) is 1.67. The van der Waals surface area contributed by atoms with Crippen LogP contribution in [0.2, 0.25) is 0 Å². The van der Waals surface area contributed by atoms with E-state index < -0.39 is 5.54 Å². The first-order chi connectivity index (χ1) is 9.99. The molecule has 1 heterocycles. The average Bonchev–Trinajstić information content (AvgIpc) is 2.72. The van der Waals surface area contributed by atoms with E-state index in [0.717, 1.165) is 12.0 Å². The topological polar surface area (TPSA) is 55.7 Å². The second kappa shape index (κ2) is 6.20. The fourth-order valence-electron chi connectivity index (χ4n) is 3.04. The van der Waals surface area contributed by atoms with Crippen LogP contribution in [0.25, 0.3) is 0 Å². The molecule has 0 saturated heterocycles. The second-order valence-corrected chi connectivity index (χ2v) is 5.56. The van der Waals surface area contributed by atoms with Gasteiger partial charge < -0.3 is 9.53 Å². The molecule has 0 unspecified atom stereocenters. The van der Waals surface area contributed by atoms with E-state index in [1.54, 1.807) is 13.8 Å². The maximum absolute atomic E-state index is 12.4. The number of hydrogen-bond donors (Lipinski definition) is 0. The zero-order valence-corrected chi connectivity index (χ0v) is 12.8. The van der Waals surface area contributed by atoms with E-state index in [0.29, 0.717) is 12.3 Å². The molecule has 2 atom stereocenters. The zero-order valence-electron chi connectivity index (χ0n) is 12.8. The Morgan fingerprint density at radius 2 is 2.00 bits per heavy atom.